The van der Waals surface area contributed by atoms with Crippen LogP contribution in [0.15, 0.2) is 24.3 Å². The minimum absolute atomic E-state index is 1.02. The van der Waals surface area contributed by atoms with Gasteiger partial charge in [-0.15, -0.1) is 0 Å². The maximum atomic E-state index is 5.90. The van der Waals surface area contributed by atoms with Crippen LogP contribution >= 0.6 is 0 Å². The zero-order chi connectivity index (χ0) is 9.10. The Morgan fingerprint density at radius 3 is 2.54 bits per heavy atom. The third kappa shape index (κ3) is 2.47. The quantitative estimate of drug-likeness (QED) is 0.716. The molecule has 1 nitrogen and oxygen atoms in total. The van der Waals surface area contributed by atoms with Gasteiger partial charge in [0.1, 0.15) is 0 Å². The Morgan fingerprint density at radius 1 is 1.15 bits per heavy atom. The molecule has 1 fully saturated rings. The Labute approximate surface area is 87.4 Å². The first-order valence-electron chi connectivity index (χ1n) is 4.92. The molecule has 13 heavy (non-hydrogen) atoms. The summed E-state index contributed by atoms with van der Waals surface area (Å²) in [4.78, 5) is 0. The third-order valence-electron chi connectivity index (χ3n) is 2.45. The van der Waals surface area contributed by atoms with Crippen molar-refractivity contribution >= 4 is 23.8 Å². The second-order valence-corrected chi connectivity index (χ2v) is 9.91. The van der Waals surface area contributed by atoms with Crippen LogP contribution in [0, 0.1) is 6.92 Å². The second kappa shape index (κ2) is 4.47. The number of hydrogen-bond donors (Lipinski definition) is 0. The SMILES string of the molecule is Cc1cc[c]([Sn]2[CH2]CCC[O]2)cc1. The van der Waals surface area contributed by atoms with Crippen LogP contribution in [0.2, 0.25) is 4.44 Å². The summed E-state index contributed by atoms with van der Waals surface area (Å²) in [7, 11) is 0. The van der Waals surface area contributed by atoms with Crippen LogP contribution in [0.3, 0.4) is 0 Å². The van der Waals surface area contributed by atoms with E-state index in [2.05, 4.69) is 31.2 Å². The Hall–Kier alpha value is -0.0213. The van der Waals surface area contributed by atoms with Crippen molar-refractivity contribution in [1.82, 2.24) is 0 Å². The van der Waals surface area contributed by atoms with Crippen LogP contribution < -0.4 is 3.58 Å². The van der Waals surface area contributed by atoms with E-state index in [0.717, 1.165) is 6.61 Å². The molecule has 0 N–H and O–H groups in total. The first-order valence-corrected chi connectivity index (χ1v) is 9.53. The van der Waals surface area contributed by atoms with Crippen molar-refractivity contribution in [2.45, 2.75) is 24.2 Å². The van der Waals surface area contributed by atoms with Crippen LogP contribution in [0.4, 0.5) is 0 Å². The summed E-state index contributed by atoms with van der Waals surface area (Å²) in [5.41, 5.74) is 1.35. The molecule has 0 aliphatic carbocycles. The van der Waals surface area contributed by atoms with Gasteiger partial charge in [-0.05, 0) is 0 Å². The molecule has 1 radical (unpaired) electrons. The Bertz CT molecular complexity index is 262. The van der Waals surface area contributed by atoms with Crippen LogP contribution in [0.5, 0.6) is 0 Å². The van der Waals surface area contributed by atoms with Gasteiger partial charge in [-0.2, -0.15) is 0 Å². The molecule has 0 aromatic heterocycles. The van der Waals surface area contributed by atoms with Crippen molar-refractivity contribution in [2.75, 3.05) is 6.61 Å². The minimum atomic E-state index is -1.57. The van der Waals surface area contributed by atoms with E-state index < -0.39 is 20.2 Å². The zero-order valence-corrected chi connectivity index (χ0v) is 10.9. The Balaban J connectivity index is 2.10. The van der Waals surface area contributed by atoms with Crippen molar-refractivity contribution in [3.8, 4) is 0 Å². The van der Waals surface area contributed by atoms with E-state index in [9.17, 15) is 0 Å². The van der Waals surface area contributed by atoms with E-state index >= 15 is 0 Å². The molecule has 1 aliphatic heterocycles. The average molecular weight is 282 g/mol. The summed E-state index contributed by atoms with van der Waals surface area (Å²) in [5, 5.41) is 0. The van der Waals surface area contributed by atoms with E-state index in [1.807, 2.05) is 0 Å². The predicted octanol–water partition coefficient (Wildman–Crippen LogP) is 2.00. The summed E-state index contributed by atoms with van der Waals surface area (Å²) < 4.78 is 8.82. The fourth-order valence-corrected chi connectivity index (χ4v) is 7.62. The fraction of sp³-hybridized carbons (Fsp3) is 0.455. The topological polar surface area (TPSA) is 9.23 Å². The number of rotatable bonds is 1. The fourth-order valence-electron chi connectivity index (χ4n) is 1.62. The Kier molecular flexibility index (Phi) is 3.27. The van der Waals surface area contributed by atoms with Crippen molar-refractivity contribution in [3.05, 3.63) is 29.8 Å². The molecule has 1 aromatic carbocycles. The van der Waals surface area contributed by atoms with Crippen molar-refractivity contribution < 1.29 is 3.07 Å². The summed E-state index contributed by atoms with van der Waals surface area (Å²) >= 11 is -1.57. The van der Waals surface area contributed by atoms with Gasteiger partial charge in [-0.1, -0.05) is 0 Å². The van der Waals surface area contributed by atoms with Crippen molar-refractivity contribution in [3.63, 3.8) is 0 Å². The van der Waals surface area contributed by atoms with Crippen LogP contribution in [0.1, 0.15) is 18.4 Å². The molecule has 0 saturated carbocycles. The van der Waals surface area contributed by atoms with Gasteiger partial charge in [0, 0.05) is 0 Å². The molecule has 2 heteroatoms. The van der Waals surface area contributed by atoms with Gasteiger partial charge in [0.05, 0.1) is 0 Å². The molecule has 1 aliphatic rings. The first-order chi connectivity index (χ1) is 6.36. The zero-order valence-electron chi connectivity index (χ0n) is 8.05. The second-order valence-electron chi connectivity index (χ2n) is 3.59. The summed E-state index contributed by atoms with van der Waals surface area (Å²) in [6, 6.07) is 8.96. The molecular formula is C11H15OSn. The standard InChI is InChI=1S/C7H7.C4H8O.Sn/c1-7-5-3-2-4-6-7;1-2-3-4-5;/h3-6H,1H3;1-4H2;/q;-1;+1. The molecular weight excluding hydrogens is 267 g/mol. The first kappa shape index (κ1) is 9.53. The van der Waals surface area contributed by atoms with Crippen LogP contribution in [-0.2, 0) is 3.07 Å². The van der Waals surface area contributed by atoms with Gasteiger partial charge in [0.2, 0.25) is 0 Å². The summed E-state index contributed by atoms with van der Waals surface area (Å²) in [5.74, 6) is 0. The van der Waals surface area contributed by atoms with Crippen LogP contribution in [-0.4, -0.2) is 26.8 Å². The molecule has 1 heterocycles. The molecule has 1 aromatic rings. The van der Waals surface area contributed by atoms with E-state index in [0.29, 0.717) is 0 Å². The van der Waals surface area contributed by atoms with Crippen molar-refractivity contribution in [2.24, 2.45) is 0 Å². The number of aryl methyl sites for hydroxylation is 1. The van der Waals surface area contributed by atoms with Gasteiger partial charge in [0.25, 0.3) is 0 Å². The van der Waals surface area contributed by atoms with Gasteiger partial charge >= 0.3 is 87.5 Å². The predicted molar refractivity (Wildman–Crippen MR) is 56.6 cm³/mol. The molecule has 0 atom stereocenters. The Morgan fingerprint density at radius 2 is 1.92 bits per heavy atom. The van der Waals surface area contributed by atoms with Gasteiger partial charge < -0.3 is 0 Å². The van der Waals surface area contributed by atoms with E-state index in [1.54, 1.807) is 0 Å². The number of benzene rings is 1. The number of hydrogen-bond acceptors (Lipinski definition) is 1. The van der Waals surface area contributed by atoms with Crippen molar-refractivity contribution in [1.29, 1.82) is 0 Å². The molecule has 1 saturated heterocycles. The molecule has 0 spiro atoms. The molecule has 2 rings (SSSR count). The normalized spacial score (nSPS) is 18.8. The van der Waals surface area contributed by atoms with Gasteiger partial charge in [-0.25, -0.2) is 0 Å². The van der Waals surface area contributed by atoms with E-state index in [1.165, 1.54) is 26.4 Å². The maximum absolute atomic E-state index is 5.90. The third-order valence-corrected chi connectivity index (χ3v) is 9.12. The molecule has 0 unspecified atom stereocenters. The average Bonchev–Trinajstić information content (AvgIpc) is 2.20. The summed E-state index contributed by atoms with van der Waals surface area (Å²) in [6.07, 6.45) is 2.67. The van der Waals surface area contributed by atoms with Crippen LogP contribution in [0.25, 0.3) is 0 Å². The van der Waals surface area contributed by atoms with E-state index in [4.69, 9.17) is 3.07 Å². The molecule has 69 valence electrons. The van der Waals surface area contributed by atoms with Gasteiger partial charge in [0.15, 0.2) is 0 Å². The van der Waals surface area contributed by atoms with Gasteiger partial charge in [-0.3, -0.25) is 0 Å². The summed E-state index contributed by atoms with van der Waals surface area (Å²) in [6.45, 7) is 3.15. The monoisotopic (exact) mass is 283 g/mol. The molecule has 0 amide bonds. The molecule has 0 bridgehead atoms. The van der Waals surface area contributed by atoms with E-state index in [-0.39, 0.29) is 0 Å².